The molecule has 1 spiro atoms. The molecule has 2 saturated heterocycles. The van der Waals surface area contributed by atoms with Gasteiger partial charge in [-0.2, -0.15) is 0 Å². The van der Waals surface area contributed by atoms with Gasteiger partial charge in [-0.1, -0.05) is 35.9 Å². The summed E-state index contributed by atoms with van der Waals surface area (Å²) in [6.07, 6.45) is 5.16. The van der Waals surface area contributed by atoms with Gasteiger partial charge in [0.25, 0.3) is 0 Å². The van der Waals surface area contributed by atoms with E-state index < -0.39 is 0 Å². The van der Waals surface area contributed by atoms with E-state index in [1.165, 1.54) is 17.5 Å². The summed E-state index contributed by atoms with van der Waals surface area (Å²) in [7, 11) is 1.93. The number of para-hydroxylation sites is 1. The number of aryl methyl sites for hydroxylation is 1. The lowest BCUT2D eigenvalue weighted by Gasteiger charge is -2.46. The molecule has 2 aromatic carbocycles. The van der Waals surface area contributed by atoms with Crippen molar-refractivity contribution in [1.29, 1.82) is 0 Å². The van der Waals surface area contributed by atoms with E-state index >= 15 is 0 Å². The Morgan fingerprint density at radius 1 is 1.03 bits per heavy atom. The lowest BCUT2D eigenvalue weighted by atomic mass is 9.82. The van der Waals surface area contributed by atoms with Crippen LogP contribution in [-0.2, 0) is 17.6 Å². The molecular weight excluding hydrogens is 417 g/mol. The lowest BCUT2D eigenvalue weighted by Crippen LogP contribution is -2.58. The van der Waals surface area contributed by atoms with Gasteiger partial charge in [0.15, 0.2) is 0 Å². The van der Waals surface area contributed by atoms with Gasteiger partial charge in [0.1, 0.15) is 5.54 Å². The summed E-state index contributed by atoms with van der Waals surface area (Å²) >= 11 is 6.17. The zero-order valence-corrected chi connectivity index (χ0v) is 19.0. The molecule has 1 unspecified atom stereocenters. The second kappa shape index (κ2) is 8.41. The van der Waals surface area contributed by atoms with Crippen molar-refractivity contribution in [1.82, 2.24) is 9.80 Å². The minimum Gasteiger partial charge on any atom is -0.339 e. The molecular formula is C24H29Cl2N3O. The van der Waals surface area contributed by atoms with E-state index in [-0.39, 0.29) is 23.9 Å². The summed E-state index contributed by atoms with van der Waals surface area (Å²) in [4.78, 5) is 20.1. The number of rotatable bonds is 2. The summed E-state index contributed by atoms with van der Waals surface area (Å²) in [5.41, 5.74) is 3.62. The van der Waals surface area contributed by atoms with Crippen LogP contribution in [0, 0.1) is 0 Å². The molecule has 2 fully saturated rings. The molecule has 5 rings (SSSR count). The topological polar surface area (TPSA) is 26.8 Å². The summed E-state index contributed by atoms with van der Waals surface area (Å²) in [6.45, 7) is 2.65. The zero-order chi connectivity index (χ0) is 20.0. The van der Waals surface area contributed by atoms with Crippen molar-refractivity contribution in [2.75, 3.05) is 31.7 Å². The van der Waals surface area contributed by atoms with Gasteiger partial charge < -0.3 is 9.80 Å². The SMILES string of the molecule is CN1CN(c2ccccc2)C2(CCN(C3CCc4cc(Cl)ccc4C3)CC2)C1=O.Cl. The first-order chi connectivity index (χ1) is 14.1. The van der Waals surface area contributed by atoms with E-state index in [1.807, 2.05) is 24.1 Å². The number of benzene rings is 2. The Bertz CT molecular complexity index is 912. The normalized spacial score (nSPS) is 23.4. The lowest BCUT2D eigenvalue weighted by molar-refractivity contribution is -0.132. The quantitative estimate of drug-likeness (QED) is 0.685. The van der Waals surface area contributed by atoms with Crippen LogP contribution in [0.4, 0.5) is 5.69 Å². The average molecular weight is 446 g/mol. The number of carbonyl (C=O) groups excluding carboxylic acids is 1. The van der Waals surface area contributed by atoms with E-state index in [1.54, 1.807) is 0 Å². The molecule has 4 nitrogen and oxygen atoms in total. The van der Waals surface area contributed by atoms with Gasteiger partial charge >= 0.3 is 0 Å². The molecule has 0 radical (unpaired) electrons. The highest BCUT2D eigenvalue weighted by molar-refractivity contribution is 6.30. The minimum absolute atomic E-state index is 0. The van der Waals surface area contributed by atoms with Gasteiger partial charge in [-0.3, -0.25) is 9.69 Å². The number of amides is 1. The molecule has 1 amide bonds. The molecule has 3 aliphatic rings. The fourth-order valence-electron chi connectivity index (χ4n) is 5.58. The summed E-state index contributed by atoms with van der Waals surface area (Å²) in [5, 5.41) is 0.840. The number of piperidine rings is 1. The van der Waals surface area contributed by atoms with E-state index in [9.17, 15) is 4.79 Å². The summed E-state index contributed by atoms with van der Waals surface area (Å²) < 4.78 is 0. The molecule has 6 heteroatoms. The van der Waals surface area contributed by atoms with Crippen LogP contribution < -0.4 is 4.90 Å². The fraction of sp³-hybridized carbons (Fsp3) is 0.458. The monoisotopic (exact) mass is 445 g/mol. The van der Waals surface area contributed by atoms with Gasteiger partial charge in [0.05, 0.1) is 6.67 Å². The van der Waals surface area contributed by atoms with Gasteiger partial charge in [0.2, 0.25) is 5.91 Å². The molecule has 0 aromatic heterocycles. The second-order valence-electron chi connectivity index (χ2n) is 8.79. The zero-order valence-electron chi connectivity index (χ0n) is 17.4. The van der Waals surface area contributed by atoms with Crippen molar-refractivity contribution in [3.05, 3.63) is 64.7 Å². The van der Waals surface area contributed by atoms with Crippen LogP contribution in [-0.4, -0.2) is 54.1 Å². The van der Waals surface area contributed by atoms with Gasteiger partial charge in [0, 0.05) is 36.9 Å². The van der Waals surface area contributed by atoms with E-state index in [2.05, 4.69) is 46.2 Å². The van der Waals surface area contributed by atoms with Crippen LogP contribution in [0.2, 0.25) is 5.02 Å². The minimum atomic E-state index is -0.382. The predicted molar refractivity (Wildman–Crippen MR) is 125 cm³/mol. The number of fused-ring (bicyclic) bond motifs is 1. The molecule has 2 aromatic rings. The van der Waals surface area contributed by atoms with Crippen LogP contribution in [0.15, 0.2) is 48.5 Å². The third kappa shape index (κ3) is 3.59. The number of hydrogen-bond donors (Lipinski definition) is 0. The molecule has 0 N–H and O–H groups in total. The number of anilines is 1. The number of likely N-dealkylation sites (tertiary alicyclic amines) is 1. The van der Waals surface area contributed by atoms with Crippen LogP contribution >= 0.6 is 24.0 Å². The Kier molecular flexibility index (Phi) is 6.02. The molecule has 1 atom stereocenters. The maximum Gasteiger partial charge on any atom is 0.249 e. The summed E-state index contributed by atoms with van der Waals surface area (Å²) in [6, 6.07) is 17.3. The first kappa shape index (κ1) is 21.5. The van der Waals surface area contributed by atoms with Crippen LogP contribution in [0.1, 0.15) is 30.4 Å². The third-order valence-corrected chi connectivity index (χ3v) is 7.43. The Balaban J connectivity index is 0.00000218. The van der Waals surface area contributed by atoms with Crippen molar-refractivity contribution in [3.8, 4) is 0 Å². The average Bonchev–Trinajstić information content (AvgIpc) is 3.00. The highest BCUT2D eigenvalue weighted by Gasteiger charge is 2.53. The number of nitrogens with zero attached hydrogens (tertiary/aromatic N) is 3. The Hall–Kier alpha value is -1.75. The van der Waals surface area contributed by atoms with Gasteiger partial charge in [-0.05, 0) is 67.5 Å². The first-order valence-electron chi connectivity index (χ1n) is 10.7. The van der Waals surface area contributed by atoms with E-state index in [0.717, 1.165) is 49.5 Å². The van der Waals surface area contributed by atoms with Gasteiger partial charge in [-0.25, -0.2) is 0 Å². The van der Waals surface area contributed by atoms with E-state index in [0.29, 0.717) is 12.7 Å². The Morgan fingerprint density at radius 2 is 1.77 bits per heavy atom. The Labute approximate surface area is 190 Å². The predicted octanol–water partition coefficient (Wildman–Crippen LogP) is 4.39. The smallest absolute Gasteiger partial charge is 0.249 e. The van der Waals surface area contributed by atoms with Crippen LogP contribution in [0.3, 0.4) is 0 Å². The van der Waals surface area contributed by atoms with Gasteiger partial charge in [-0.15, -0.1) is 12.4 Å². The van der Waals surface area contributed by atoms with Crippen molar-refractivity contribution in [2.24, 2.45) is 0 Å². The number of hydrogen-bond acceptors (Lipinski definition) is 3. The van der Waals surface area contributed by atoms with Crippen LogP contribution in [0.5, 0.6) is 0 Å². The van der Waals surface area contributed by atoms with Crippen molar-refractivity contribution < 1.29 is 4.79 Å². The first-order valence-corrected chi connectivity index (χ1v) is 11.0. The second-order valence-corrected chi connectivity index (χ2v) is 9.22. The molecule has 2 heterocycles. The fourth-order valence-corrected chi connectivity index (χ4v) is 5.77. The number of halogens is 2. The molecule has 0 saturated carbocycles. The Morgan fingerprint density at radius 3 is 2.50 bits per heavy atom. The highest BCUT2D eigenvalue weighted by Crippen LogP contribution is 2.40. The molecule has 30 heavy (non-hydrogen) atoms. The number of likely N-dealkylation sites (N-methyl/N-ethyl adjacent to an activating group) is 1. The molecule has 0 bridgehead atoms. The van der Waals surface area contributed by atoms with Crippen molar-refractivity contribution >= 4 is 35.6 Å². The standard InChI is InChI=1S/C24H28ClN3O.ClH/c1-26-17-28(21-5-3-2-4-6-21)24(23(26)29)11-13-27(14-12-24)22-10-8-18-15-20(25)9-7-19(18)16-22;/h2-7,9,15,22H,8,10-14,16-17H2,1H3;1H. The highest BCUT2D eigenvalue weighted by atomic mass is 35.5. The van der Waals surface area contributed by atoms with Crippen molar-refractivity contribution in [2.45, 2.75) is 43.7 Å². The summed E-state index contributed by atoms with van der Waals surface area (Å²) in [5.74, 6) is 0.282. The maximum atomic E-state index is 13.2. The molecule has 1 aliphatic carbocycles. The molecule has 160 valence electrons. The van der Waals surface area contributed by atoms with Crippen LogP contribution in [0.25, 0.3) is 0 Å². The third-order valence-electron chi connectivity index (χ3n) is 7.20. The van der Waals surface area contributed by atoms with Crippen molar-refractivity contribution in [3.63, 3.8) is 0 Å². The maximum absolute atomic E-state index is 13.2. The van der Waals surface area contributed by atoms with E-state index in [4.69, 9.17) is 11.6 Å². The largest absolute Gasteiger partial charge is 0.339 e. The molecule has 2 aliphatic heterocycles. The number of carbonyl (C=O) groups is 1.